The van der Waals surface area contributed by atoms with E-state index >= 15 is 0 Å². The number of carbonyl (C=O) groups excluding carboxylic acids is 1. The van der Waals surface area contributed by atoms with Gasteiger partial charge in [0.15, 0.2) is 0 Å². The molecule has 0 spiro atoms. The molecule has 6 heteroatoms. The Hall–Kier alpha value is -0.640. The number of phosphoric acid groups is 1. The van der Waals surface area contributed by atoms with E-state index in [2.05, 4.69) is 15.6 Å². The minimum atomic E-state index is -3.71. The topological polar surface area (TPSA) is 61.8 Å². The maximum absolute atomic E-state index is 11.4. The summed E-state index contributed by atoms with van der Waals surface area (Å²) in [4.78, 5) is 10.7. The van der Waals surface area contributed by atoms with Gasteiger partial charge in [-0.05, 0) is 6.42 Å². The lowest BCUT2D eigenvalue weighted by Crippen LogP contribution is -2.03. The SMILES string of the molecule is C=CC(=O)OP(=O)(OC)OCCC. The first kappa shape index (κ1) is 12.4. The Morgan fingerprint density at radius 3 is 2.62 bits per heavy atom. The van der Waals surface area contributed by atoms with Crippen LogP contribution in [0.5, 0.6) is 0 Å². The van der Waals surface area contributed by atoms with Gasteiger partial charge in [-0.25, -0.2) is 9.36 Å². The highest BCUT2D eigenvalue weighted by Crippen LogP contribution is 2.48. The van der Waals surface area contributed by atoms with E-state index in [0.717, 1.165) is 13.2 Å². The van der Waals surface area contributed by atoms with E-state index in [0.29, 0.717) is 6.42 Å². The van der Waals surface area contributed by atoms with Crippen molar-refractivity contribution in [1.82, 2.24) is 0 Å². The first-order valence-corrected chi connectivity index (χ1v) is 5.20. The molecule has 0 aliphatic carbocycles. The highest BCUT2D eigenvalue weighted by atomic mass is 31.2. The Balaban J connectivity index is 4.19. The van der Waals surface area contributed by atoms with Crippen LogP contribution in [-0.2, 0) is 22.9 Å². The summed E-state index contributed by atoms with van der Waals surface area (Å²) in [7, 11) is -2.56. The van der Waals surface area contributed by atoms with E-state index in [1.54, 1.807) is 0 Å². The van der Waals surface area contributed by atoms with Gasteiger partial charge in [-0.1, -0.05) is 13.5 Å². The first-order chi connectivity index (χ1) is 6.08. The third-order valence-electron chi connectivity index (χ3n) is 1.05. The van der Waals surface area contributed by atoms with Gasteiger partial charge < -0.3 is 4.52 Å². The van der Waals surface area contributed by atoms with E-state index in [9.17, 15) is 9.36 Å². The maximum Gasteiger partial charge on any atom is 0.532 e. The molecule has 0 rings (SSSR count). The van der Waals surface area contributed by atoms with Crippen molar-refractivity contribution in [3.63, 3.8) is 0 Å². The smallest absolute Gasteiger partial charge is 0.367 e. The molecular weight excluding hydrogens is 195 g/mol. The number of rotatable bonds is 6. The van der Waals surface area contributed by atoms with E-state index in [1.165, 1.54) is 0 Å². The molecule has 13 heavy (non-hydrogen) atoms. The fourth-order valence-electron chi connectivity index (χ4n) is 0.467. The van der Waals surface area contributed by atoms with Crippen LogP contribution in [0.1, 0.15) is 13.3 Å². The van der Waals surface area contributed by atoms with Gasteiger partial charge in [-0.3, -0.25) is 9.05 Å². The Morgan fingerprint density at radius 1 is 1.62 bits per heavy atom. The predicted molar refractivity (Wildman–Crippen MR) is 47.1 cm³/mol. The van der Waals surface area contributed by atoms with Crippen molar-refractivity contribution < 1.29 is 22.9 Å². The summed E-state index contributed by atoms with van der Waals surface area (Å²) in [6, 6.07) is 0. The minimum absolute atomic E-state index is 0.204. The number of phosphoric ester groups is 1. The van der Waals surface area contributed by atoms with E-state index in [1.807, 2.05) is 6.92 Å². The van der Waals surface area contributed by atoms with Gasteiger partial charge >= 0.3 is 13.8 Å². The molecule has 0 aromatic heterocycles. The molecule has 0 saturated carbocycles. The molecule has 1 unspecified atom stereocenters. The fraction of sp³-hybridized carbons (Fsp3) is 0.571. The van der Waals surface area contributed by atoms with Crippen LogP contribution >= 0.6 is 7.82 Å². The number of hydrogen-bond acceptors (Lipinski definition) is 5. The second-order valence-electron chi connectivity index (χ2n) is 2.08. The van der Waals surface area contributed by atoms with Gasteiger partial charge in [0, 0.05) is 13.2 Å². The largest absolute Gasteiger partial charge is 0.532 e. The summed E-state index contributed by atoms with van der Waals surface area (Å²) in [6.07, 6.45) is 1.54. The lowest BCUT2D eigenvalue weighted by atomic mass is 10.5. The zero-order chi connectivity index (χ0) is 10.3. The predicted octanol–water partition coefficient (Wildman–Crippen LogP) is 1.90. The van der Waals surface area contributed by atoms with E-state index < -0.39 is 13.8 Å². The van der Waals surface area contributed by atoms with Crippen molar-refractivity contribution in [1.29, 1.82) is 0 Å². The van der Waals surface area contributed by atoms with Gasteiger partial charge in [0.05, 0.1) is 6.61 Å². The fourth-order valence-corrected chi connectivity index (χ4v) is 1.40. The molecule has 0 bridgehead atoms. The Kier molecular flexibility index (Phi) is 5.62. The Bertz CT molecular complexity index is 225. The molecule has 1 atom stereocenters. The van der Waals surface area contributed by atoms with Gasteiger partial charge in [-0.15, -0.1) is 0 Å². The van der Waals surface area contributed by atoms with Crippen molar-refractivity contribution in [2.75, 3.05) is 13.7 Å². The third-order valence-corrected chi connectivity index (χ3v) is 2.40. The van der Waals surface area contributed by atoms with Crippen LogP contribution in [0.2, 0.25) is 0 Å². The zero-order valence-electron chi connectivity index (χ0n) is 7.69. The molecule has 0 fully saturated rings. The highest BCUT2D eigenvalue weighted by molar-refractivity contribution is 7.49. The molecular formula is C7H13O5P. The van der Waals surface area contributed by atoms with Gasteiger partial charge in [0.1, 0.15) is 0 Å². The normalized spacial score (nSPS) is 14.6. The second kappa shape index (κ2) is 5.91. The molecule has 5 nitrogen and oxygen atoms in total. The lowest BCUT2D eigenvalue weighted by molar-refractivity contribution is -0.130. The summed E-state index contributed by atoms with van der Waals surface area (Å²) in [5.74, 6) is -0.832. The molecule has 0 N–H and O–H groups in total. The third kappa shape index (κ3) is 4.83. The Labute approximate surface area is 77.3 Å². The second-order valence-corrected chi connectivity index (χ2v) is 3.78. The van der Waals surface area contributed by atoms with Gasteiger partial charge in [-0.2, -0.15) is 0 Å². The van der Waals surface area contributed by atoms with Crippen LogP contribution in [-0.4, -0.2) is 19.7 Å². The van der Waals surface area contributed by atoms with E-state index in [-0.39, 0.29) is 6.61 Å². The van der Waals surface area contributed by atoms with Crippen LogP contribution in [0, 0.1) is 0 Å². The molecule has 0 aliphatic heterocycles. The lowest BCUT2D eigenvalue weighted by Gasteiger charge is -2.13. The molecule has 0 aromatic carbocycles. The summed E-state index contributed by atoms with van der Waals surface area (Å²) in [5, 5.41) is 0. The summed E-state index contributed by atoms with van der Waals surface area (Å²) in [6.45, 7) is 5.19. The average molecular weight is 208 g/mol. The van der Waals surface area contributed by atoms with Crippen LogP contribution in [0.4, 0.5) is 0 Å². The molecule has 0 aromatic rings. The molecule has 0 saturated heterocycles. The van der Waals surface area contributed by atoms with Crippen LogP contribution in [0.3, 0.4) is 0 Å². The van der Waals surface area contributed by atoms with Crippen molar-refractivity contribution >= 4 is 13.8 Å². The highest BCUT2D eigenvalue weighted by Gasteiger charge is 2.27. The van der Waals surface area contributed by atoms with Gasteiger partial charge in [0.25, 0.3) is 0 Å². The molecule has 76 valence electrons. The standard InChI is InChI=1S/C7H13O5P/c1-4-6-11-13(9,10-3)12-7(8)5-2/h5H,2,4,6H2,1,3H3. The van der Waals surface area contributed by atoms with E-state index in [4.69, 9.17) is 4.52 Å². The van der Waals surface area contributed by atoms with Crippen molar-refractivity contribution in [3.8, 4) is 0 Å². The number of hydrogen-bond donors (Lipinski definition) is 0. The molecule has 0 heterocycles. The summed E-state index contributed by atoms with van der Waals surface area (Å²) >= 11 is 0. The molecule has 0 amide bonds. The van der Waals surface area contributed by atoms with Crippen LogP contribution < -0.4 is 0 Å². The molecule has 0 radical (unpaired) electrons. The number of carbonyl (C=O) groups is 1. The van der Waals surface area contributed by atoms with Crippen molar-refractivity contribution in [2.45, 2.75) is 13.3 Å². The quantitative estimate of drug-likeness (QED) is 0.492. The monoisotopic (exact) mass is 208 g/mol. The zero-order valence-corrected chi connectivity index (χ0v) is 8.58. The van der Waals surface area contributed by atoms with Gasteiger partial charge in [0.2, 0.25) is 0 Å². The molecule has 0 aliphatic rings. The first-order valence-electron chi connectivity index (χ1n) is 3.74. The summed E-state index contributed by atoms with van der Waals surface area (Å²) < 4.78 is 25.0. The average Bonchev–Trinajstić information content (AvgIpc) is 2.14. The van der Waals surface area contributed by atoms with Crippen LogP contribution in [0.25, 0.3) is 0 Å². The van der Waals surface area contributed by atoms with Crippen molar-refractivity contribution in [2.24, 2.45) is 0 Å². The Morgan fingerprint density at radius 2 is 2.23 bits per heavy atom. The maximum atomic E-state index is 11.4. The van der Waals surface area contributed by atoms with Crippen molar-refractivity contribution in [3.05, 3.63) is 12.7 Å². The summed E-state index contributed by atoms with van der Waals surface area (Å²) in [5.41, 5.74) is 0. The van der Waals surface area contributed by atoms with Crippen LogP contribution in [0.15, 0.2) is 12.7 Å². The minimum Gasteiger partial charge on any atom is -0.367 e.